The maximum Gasteiger partial charge on any atom is 0.161 e. The molecular weight excluding hydrogens is 155 g/mol. The van der Waals surface area contributed by atoms with Crippen LogP contribution in [0.1, 0.15) is 41.0 Å². The van der Waals surface area contributed by atoms with Gasteiger partial charge in [0.25, 0.3) is 0 Å². The SMILES string of the molecule is C/C(F)=C(\C)C(=O)CC(C)(C)C. The molecule has 0 unspecified atom stereocenters. The topological polar surface area (TPSA) is 17.1 Å². The van der Waals surface area contributed by atoms with Gasteiger partial charge in [-0.2, -0.15) is 0 Å². The van der Waals surface area contributed by atoms with Crippen molar-refractivity contribution in [2.75, 3.05) is 0 Å². The fourth-order valence-corrected chi connectivity index (χ4v) is 0.806. The molecule has 0 aliphatic carbocycles. The van der Waals surface area contributed by atoms with Crippen molar-refractivity contribution >= 4 is 5.78 Å². The summed E-state index contributed by atoms with van der Waals surface area (Å²) in [4.78, 5) is 11.3. The molecule has 0 saturated heterocycles. The maximum absolute atomic E-state index is 12.6. The van der Waals surface area contributed by atoms with E-state index in [-0.39, 0.29) is 22.6 Å². The predicted octanol–water partition coefficient (Wildman–Crippen LogP) is 3.26. The van der Waals surface area contributed by atoms with Crippen molar-refractivity contribution in [2.24, 2.45) is 5.41 Å². The number of hydrogen-bond acceptors (Lipinski definition) is 1. The van der Waals surface area contributed by atoms with Crippen LogP contribution in [0.25, 0.3) is 0 Å². The number of allylic oxidation sites excluding steroid dienone is 2. The predicted molar refractivity (Wildman–Crippen MR) is 48.6 cm³/mol. The van der Waals surface area contributed by atoms with E-state index in [1.807, 2.05) is 20.8 Å². The van der Waals surface area contributed by atoms with Crippen LogP contribution >= 0.6 is 0 Å². The number of carbonyl (C=O) groups excluding carboxylic acids is 1. The lowest BCUT2D eigenvalue weighted by Crippen LogP contribution is -2.13. The fourth-order valence-electron chi connectivity index (χ4n) is 0.806. The second-order valence-electron chi connectivity index (χ2n) is 4.32. The summed E-state index contributed by atoms with van der Waals surface area (Å²) in [5, 5.41) is 0. The minimum atomic E-state index is -0.371. The largest absolute Gasteiger partial charge is 0.294 e. The third kappa shape index (κ3) is 4.27. The summed E-state index contributed by atoms with van der Waals surface area (Å²) >= 11 is 0. The van der Waals surface area contributed by atoms with Gasteiger partial charge in [0.05, 0.1) is 0 Å². The number of rotatable bonds is 2. The first-order valence-electron chi connectivity index (χ1n) is 4.10. The van der Waals surface area contributed by atoms with Gasteiger partial charge in [-0.15, -0.1) is 0 Å². The molecular formula is C10H17FO. The molecule has 70 valence electrons. The van der Waals surface area contributed by atoms with Gasteiger partial charge in [-0.1, -0.05) is 20.8 Å². The van der Waals surface area contributed by atoms with Crippen molar-refractivity contribution in [3.05, 3.63) is 11.4 Å². The minimum absolute atomic E-state index is 0.0617. The maximum atomic E-state index is 12.6. The van der Waals surface area contributed by atoms with Gasteiger partial charge in [-0.25, -0.2) is 4.39 Å². The van der Waals surface area contributed by atoms with E-state index >= 15 is 0 Å². The van der Waals surface area contributed by atoms with E-state index in [9.17, 15) is 9.18 Å². The second-order valence-corrected chi connectivity index (χ2v) is 4.32. The van der Waals surface area contributed by atoms with Crippen LogP contribution in [0.4, 0.5) is 4.39 Å². The lowest BCUT2D eigenvalue weighted by atomic mass is 9.88. The molecule has 0 amide bonds. The zero-order chi connectivity index (χ0) is 9.94. The molecule has 0 rings (SSSR count). The Hall–Kier alpha value is -0.660. The highest BCUT2D eigenvalue weighted by molar-refractivity contribution is 5.95. The molecule has 0 saturated carbocycles. The van der Waals surface area contributed by atoms with Gasteiger partial charge in [-0.05, 0) is 19.3 Å². The highest BCUT2D eigenvalue weighted by Crippen LogP contribution is 2.22. The molecule has 0 radical (unpaired) electrons. The van der Waals surface area contributed by atoms with Crippen LogP contribution in [0.15, 0.2) is 11.4 Å². The van der Waals surface area contributed by atoms with Crippen LogP contribution in [-0.4, -0.2) is 5.78 Å². The quantitative estimate of drug-likeness (QED) is 0.584. The summed E-state index contributed by atoms with van der Waals surface area (Å²) in [5.41, 5.74) is 0.193. The van der Waals surface area contributed by atoms with Crippen LogP contribution < -0.4 is 0 Å². The Kier molecular flexibility index (Phi) is 3.62. The van der Waals surface area contributed by atoms with Crippen LogP contribution in [-0.2, 0) is 4.79 Å². The molecule has 0 spiro atoms. The Balaban J connectivity index is 4.36. The Bertz CT molecular complexity index is 204. The molecule has 0 bridgehead atoms. The number of hydrogen-bond donors (Lipinski definition) is 0. The standard InChI is InChI=1S/C10H17FO/c1-7(8(2)11)9(12)6-10(3,4)5/h6H2,1-5H3/b8-7-. The van der Waals surface area contributed by atoms with Crippen molar-refractivity contribution in [2.45, 2.75) is 41.0 Å². The van der Waals surface area contributed by atoms with Gasteiger partial charge < -0.3 is 0 Å². The monoisotopic (exact) mass is 172 g/mol. The van der Waals surface area contributed by atoms with Gasteiger partial charge >= 0.3 is 0 Å². The number of halogens is 1. The van der Waals surface area contributed by atoms with Crippen molar-refractivity contribution in [3.63, 3.8) is 0 Å². The van der Waals surface area contributed by atoms with Crippen molar-refractivity contribution in [1.29, 1.82) is 0 Å². The molecule has 0 aliphatic heterocycles. The van der Waals surface area contributed by atoms with Gasteiger partial charge in [-0.3, -0.25) is 4.79 Å². The fraction of sp³-hybridized carbons (Fsp3) is 0.700. The van der Waals surface area contributed by atoms with E-state index < -0.39 is 0 Å². The Morgan fingerprint density at radius 1 is 1.25 bits per heavy atom. The van der Waals surface area contributed by atoms with Crippen LogP contribution in [0.5, 0.6) is 0 Å². The molecule has 0 atom stereocenters. The Morgan fingerprint density at radius 2 is 1.67 bits per heavy atom. The highest BCUT2D eigenvalue weighted by Gasteiger charge is 2.18. The molecule has 0 heterocycles. The number of ketones is 1. The van der Waals surface area contributed by atoms with E-state index in [1.165, 1.54) is 13.8 Å². The summed E-state index contributed by atoms with van der Waals surface area (Å²) in [6.45, 7) is 8.74. The van der Waals surface area contributed by atoms with Gasteiger partial charge in [0.1, 0.15) is 5.83 Å². The first-order valence-corrected chi connectivity index (χ1v) is 4.10. The molecule has 2 heteroatoms. The molecule has 0 aromatic rings. The molecule has 0 fully saturated rings. The second kappa shape index (κ2) is 3.83. The van der Waals surface area contributed by atoms with Gasteiger partial charge in [0.15, 0.2) is 5.78 Å². The van der Waals surface area contributed by atoms with E-state index in [2.05, 4.69) is 0 Å². The molecule has 1 nitrogen and oxygen atoms in total. The van der Waals surface area contributed by atoms with Gasteiger partial charge in [0, 0.05) is 12.0 Å². The first kappa shape index (κ1) is 11.3. The van der Waals surface area contributed by atoms with E-state index in [0.717, 1.165) is 0 Å². The number of carbonyl (C=O) groups is 1. The van der Waals surface area contributed by atoms with E-state index in [0.29, 0.717) is 6.42 Å². The lowest BCUT2D eigenvalue weighted by molar-refractivity contribution is -0.117. The van der Waals surface area contributed by atoms with Crippen molar-refractivity contribution < 1.29 is 9.18 Å². The van der Waals surface area contributed by atoms with Gasteiger partial charge in [0.2, 0.25) is 0 Å². The molecule has 12 heavy (non-hydrogen) atoms. The summed E-state index contributed by atoms with van der Waals surface area (Å²) < 4.78 is 12.6. The highest BCUT2D eigenvalue weighted by atomic mass is 19.1. The van der Waals surface area contributed by atoms with E-state index in [1.54, 1.807) is 0 Å². The minimum Gasteiger partial charge on any atom is -0.294 e. The average molecular weight is 172 g/mol. The molecule has 0 aromatic carbocycles. The van der Waals surface area contributed by atoms with E-state index in [4.69, 9.17) is 0 Å². The first-order chi connectivity index (χ1) is 5.24. The summed E-state index contributed by atoms with van der Waals surface area (Å²) in [5.74, 6) is -0.466. The smallest absolute Gasteiger partial charge is 0.161 e. The lowest BCUT2D eigenvalue weighted by Gasteiger charge is -2.16. The van der Waals surface area contributed by atoms with Crippen LogP contribution in [0.3, 0.4) is 0 Å². The summed E-state index contributed by atoms with van der Waals surface area (Å²) in [6, 6.07) is 0. The Morgan fingerprint density at radius 3 is 1.92 bits per heavy atom. The van der Waals surface area contributed by atoms with Crippen molar-refractivity contribution in [1.82, 2.24) is 0 Å². The summed E-state index contributed by atoms with van der Waals surface area (Å²) in [6.07, 6.45) is 0.403. The van der Waals surface area contributed by atoms with Crippen molar-refractivity contribution in [3.8, 4) is 0 Å². The molecule has 0 aliphatic rings. The zero-order valence-corrected chi connectivity index (χ0v) is 8.49. The summed E-state index contributed by atoms with van der Waals surface area (Å²) in [7, 11) is 0. The Labute approximate surface area is 73.7 Å². The number of Topliss-reactive ketones (excluding diaryl/α,β-unsaturated/α-hetero) is 1. The normalized spacial score (nSPS) is 14.2. The zero-order valence-electron chi connectivity index (χ0n) is 8.49. The average Bonchev–Trinajstić information content (AvgIpc) is 1.82. The van der Waals surface area contributed by atoms with Crippen LogP contribution in [0.2, 0.25) is 0 Å². The third-order valence-corrected chi connectivity index (χ3v) is 1.63. The molecule has 0 aromatic heterocycles. The van der Waals surface area contributed by atoms with Crippen LogP contribution in [0, 0.1) is 5.41 Å². The molecule has 0 N–H and O–H groups in total. The third-order valence-electron chi connectivity index (χ3n) is 1.63.